The summed E-state index contributed by atoms with van der Waals surface area (Å²) in [5, 5.41) is 19.8. The van der Waals surface area contributed by atoms with Gasteiger partial charge in [-0.25, -0.2) is 4.98 Å². The fraction of sp³-hybridized carbons (Fsp3) is 0.160. The van der Waals surface area contributed by atoms with Gasteiger partial charge >= 0.3 is 0 Å². The minimum atomic E-state index is -0.356. The van der Waals surface area contributed by atoms with Gasteiger partial charge < -0.3 is 10.1 Å². The lowest BCUT2D eigenvalue weighted by molar-refractivity contribution is -0.115. The number of benzene rings is 2. The van der Waals surface area contributed by atoms with Gasteiger partial charge in [-0.15, -0.1) is 0 Å². The van der Waals surface area contributed by atoms with Gasteiger partial charge in [0.1, 0.15) is 6.61 Å². The number of aromatic amines is 1. The number of rotatable bonds is 7. The third-order valence-electron chi connectivity index (χ3n) is 5.26. The van der Waals surface area contributed by atoms with E-state index in [4.69, 9.17) is 16.3 Å². The first-order valence-corrected chi connectivity index (χ1v) is 11.1. The molecule has 0 spiro atoms. The van der Waals surface area contributed by atoms with E-state index in [2.05, 4.69) is 26.6 Å². The average molecular weight is 489 g/mol. The van der Waals surface area contributed by atoms with Crippen LogP contribution < -0.4 is 10.9 Å². The number of aromatic nitrogens is 4. The summed E-state index contributed by atoms with van der Waals surface area (Å²) in [6.07, 6.45) is 1.87. The molecule has 4 rings (SSSR count). The normalized spacial score (nSPS) is 10.7. The number of nitriles is 1. The van der Waals surface area contributed by atoms with E-state index >= 15 is 0 Å². The summed E-state index contributed by atoms with van der Waals surface area (Å²) >= 11 is 6.12. The van der Waals surface area contributed by atoms with E-state index in [0.29, 0.717) is 50.3 Å². The van der Waals surface area contributed by atoms with Crippen LogP contribution in [0.3, 0.4) is 0 Å². The minimum Gasteiger partial charge on any atom is -0.377 e. The first-order valence-electron chi connectivity index (χ1n) is 10.7. The van der Waals surface area contributed by atoms with E-state index in [1.165, 1.54) is 10.6 Å². The number of anilines is 1. The monoisotopic (exact) mass is 488 g/mol. The lowest BCUT2D eigenvalue weighted by atomic mass is 10.0. The topological polar surface area (TPSA) is 126 Å². The first kappa shape index (κ1) is 23.9. The second kappa shape index (κ2) is 10.3. The molecule has 2 N–H and O–H groups in total. The molecule has 0 radical (unpaired) electrons. The van der Waals surface area contributed by atoms with Gasteiger partial charge in [-0.05, 0) is 48.0 Å². The van der Waals surface area contributed by atoms with Gasteiger partial charge in [0.05, 0.1) is 23.0 Å². The lowest BCUT2D eigenvalue weighted by Gasteiger charge is -2.15. The van der Waals surface area contributed by atoms with Crippen molar-refractivity contribution < 1.29 is 9.53 Å². The van der Waals surface area contributed by atoms with Crippen molar-refractivity contribution in [3.05, 3.63) is 81.5 Å². The van der Waals surface area contributed by atoms with Crippen molar-refractivity contribution in [3.63, 3.8) is 0 Å². The van der Waals surface area contributed by atoms with E-state index in [9.17, 15) is 14.9 Å². The van der Waals surface area contributed by atoms with Gasteiger partial charge in [0.2, 0.25) is 5.91 Å². The molecule has 0 saturated carbocycles. The van der Waals surface area contributed by atoms with Crippen molar-refractivity contribution in [3.8, 4) is 34.3 Å². The molecule has 0 fully saturated rings. The van der Waals surface area contributed by atoms with Crippen molar-refractivity contribution >= 4 is 23.2 Å². The molecule has 9 nitrogen and oxygen atoms in total. The highest BCUT2D eigenvalue weighted by molar-refractivity contribution is 6.30. The highest BCUT2D eigenvalue weighted by atomic mass is 35.5. The number of pyridine rings is 1. The molecule has 0 aliphatic heterocycles. The summed E-state index contributed by atoms with van der Waals surface area (Å²) in [5.74, 6) is 0.791. The van der Waals surface area contributed by atoms with Crippen molar-refractivity contribution in [1.82, 2.24) is 19.7 Å². The predicted molar refractivity (Wildman–Crippen MR) is 132 cm³/mol. The fourth-order valence-electron chi connectivity index (χ4n) is 3.54. The molecule has 0 unspecified atom stereocenters. The van der Waals surface area contributed by atoms with Gasteiger partial charge in [-0.3, -0.25) is 19.3 Å². The van der Waals surface area contributed by atoms with Crippen molar-refractivity contribution in [1.29, 1.82) is 5.26 Å². The molecule has 35 heavy (non-hydrogen) atoms. The maximum absolute atomic E-state index is 13.2. The van der Waals surface area contributed by atoms with Crippen LogP contribution in [0.15, 0.2) is 59.5 Å². The van der Waals surface area contributed by atoms with Crippen molar-refractivity contribution in [2.45, 2.75) is 20.0 Å². The summed E-state index contributed by atoms with van der Waals surface area (Å²) in [5.41, 5.74) is 2.72. The van der Waals surface area contributed by atoms with Crippen LogP contribution in [-0.2, 0) is 16.1 Å². The Labute approximate surface area is 206 Å². The van der Waals surface area contributed by atoms with E-state index in [0.717, 1.165) is 0 Å². The van der Waals surface area contributed by atoms with Crippen LogP contribution >= 0.6 is 11.6 Å². The zero-order valence-electron chi connectivity index (χ0n) is 19.0. The molecule has 0 aliphatic carbocycles. The van der Waals surface area contributed by atoms with Crippen molar-refractivity contribution in [2.24, 2.45) is 0 Å². The van der Waals surface area contributed by atoms with Gasteiger partial charge in [0.25, 0.3) is 5.56 Å². The average Bonchev–Trinajstić information content (AvgIpc) is 3.33. The zero-order chi connectivity index (χ0) is 24.9. The standard InChI is InChI=1S/C25H21ClN6O3/c1-3-23(33)28-20-7-5-16(25-29-22(14-35-2)30-31-25)10-21(20)32-9-8-15(11-24(32)34)19-12-18(26)6-4-17(19)13-27/h4-12H,3,14H2,1-2H3,(H,28,33)(H,29,30,31). The molecule has 0 aliphatic rings. The van der Waals surface area contributed by atoms with Crippen LogP contribution in [0.1, 0.15) is 24.7 Å². The van der Waals surface area contributed by atoms with Gasteiger partial charge in [-0.2, -0.15) is 10.4 Å². The lowest BCUT2D eigenvalue weighted by Crippen LogP contribution is -2.20. The molecule has 0 saturated heterocycles. The molecule has 2 aromatic heterocycles. The number of halogens is 1. The number of hydrogen-bond donors (Lipinski definition) is 2. The Balaban J connectivity index is 1.82. The van der Waals surface area contributed by atoms with Crippen LogP contribution in [0.5, 0.6) is 0 Å². The number of nitrogens with one attached hydrogen (secondary N) is 2. The predicted octanol–water partition coefficient (Wildman–Crippen LogP) is 4.31. The molecule has 4 aromatic rings. The molecular weight excluding hydrogens is 468 g/mol. The van der Waals surface area contributed by atoms with Crippen LogP contribution in [0, 0.1) is 11.3 Å². The number of ether oxygens (including phenoxy) is 1. The van der Waals surface area contributed by atoms with Crippen LogP contribution in [-0.4, -0.2) is 32.8 Å². The second-order valence-corrected chi connectivity index (χ2v) is 8.03. The Kier molecular flexibility index (Phi) is 7.06. The molecule has 0 atom stereocenters. The molecular formula is C25H21ClN6O3. The minimum absolute atomic E-state index is 0.193. The third kappa shape index (κ3) is 5.14. The van der Waals surface area contributed by atoms with E-state index < -0.39 is 0 Å². The number of H-pyrrole nitrogens is 1. The third-order valence-corrected chi connectivity index (χ3v) is 5.49. The molecule has 176 valence electrons. The molecule has 1 amide bonds. The van der Waals surface area contributed by atoms with E-state index in [1.54, 1.807) is 62.7 Å². The Morgan fingerprint density at radius 3 is 2.74 bits per heavy atom. The maximum Gasteiger partial charge on any atom is 0.255 e. The van der Waals surface area contributed by atoms with Gasteiger partial charge in [0, 0.05) is 41.9 Å². The van der Waals surface area contributed by atoms with Crippen LogP contribution in [0.25, 0.3) is 28.2 Å². The SMILES string of the molecule is CCC(=O)Nc1ccc(-c2n[nH]c(COC)n2)cc1-n1ccc(-c2cc(Cl)ccc2C#N)cc1=O. The number of nitrogens with zero attached hydrogens (tertiary/aromatic N) is 4. The number of hydrogen-bond acceptors (Lipinski definition) is 6. The van der Waals surface area contributed by atoms with Gasteiger partial charge in [0.15, 0.2) is 11.6 Å². The van der Waals surface area contributed by atoms with Crippen molar-refractivity contribution in [2.75, 3.05) is 12.4 Å². The Bertz CT molecular complexity index is 1500. The number of methoxy groups -OCH3 is 1. The maximum atomic E-state index is 13.2. The van der Waals surface area contributed by atoms with E-state index in [-0.39, 0.29) is 24.5 Å². The van der Waals surface area contributed by atoms with E-state index in [1.807, 2.05) is 0 Å². The highest BCUT2D eigenvalue weighted by Crippen LogP contribution is 2.29. The molecule has 10 heteroatoms. The number of carbonyl (C=O) groups excluding carboxylic acids is 1. The Hall–Kier alpha value is -4.26. The highest BCUT2D eigenvalue weighted by Gasteiger charge is 2.15. The summed E-state index contributed by atoms with van der Waals surface area (Å²) in [6, 6.07) is 15.3. The summed E-state index contributed by atoms with van der Waals surface area (Å²) in [4.78, 5) is 29.8. The number of amides is 1. The summed E-state index contributed by atoms with van der Waals surface area (Å²) in [6.45, 7) is 2.02. The Morgan fingerprint density at radius 2 is 2.03 bits per heavy atom. The zero-order valence-corrected chi connectivity index (χ0v) is 19.8. The summed E-state index contributed by atoms with van der Waals surface area (Å²) in [7, 11) is 1.56. The van der Waals surface area contributed by atoms with Gasteiger partial charge in [-0.1, -0.05) is 18.5 Å². The quantitative estimate of drug-likeness (QED) is 0.399. The molecule has 0 bridgehead atoms. The molecule has 2 aromatic carbocycles. The summed E-state index contributed by atoms with van der Waals surface area (Å²) < 4.78 is 6.49. The Morgan fingerprint density at radius 1 is 1.20 bits per heavy atom. The first-order chi connectivity index (χ1) is 16.9. The smallest absolute Gasteiger partial charge is 0.255 e. The fourth-order valence-corrected chi connectivity index (χ4v) is 3.71. The van der Waals surface area contributed by atoms with Crippen LogP contribution in [0.2, 0.25) is 5.02 Å². The largest absolute Gasteiger partial charge is 0.377 e. The number of carbonyl (C=O) groups is 1. The second-order valence-electron chi connectivity index (χ2n) is 7.60. The van der Waals surface area contributed by atoms with Crippen LogP contribution in [0.4, 0.5) is 5.69 Å². The molecule has 2 heterocycles.